The largest absolute Gasteiger partial charge is 0.444 e. The molecule has 1 aromatic rings. The first-order valence-electron chi connectivity index (χ1n) is 5.89. The van der Waals surface area contributed by atoms with Gasteiger partial charge in [-0.3, -0.25) is 4.79 Å². The van der Waals surface area contributed by atoms with E-state index in [1.807, 2.05) is 0 Å². The van der Waals surface area contributed by atoms with E-state index in [0.29, 0.717) is 15.7 Å². The number of hydrogen-bond donors (Lipinski definition) is 2. The molecule has 0 unspecified atom stereocenters. The third-order valence-electron chi connectivity index (χ3n) is 2.00. The van der Waals surface area contributed by atoms with Crippen LogP contribution >= 0.6 is 23.2 Å². The maximum atomic E-state index is 11.6. The van der Waals surface area contributed by atoms with Crippen molar-refractivity contribution in [3.63, 3.8) is 0 Å². The molecule has 0 aliphatic rings. The number of alkyl carbamates (subject to hydrolysis) is 1. The minimum atomic E-state index is -0.658. The van der Waals surface area contributed by atoms with Gasteiger partial charge in [0.2, 0.25) is 5.91 Å². The molecule has 0 bridgehead atoms. The minimum absolute atomic E-state index is 0.214. The topological polar surface area (TPSA) is 67.4 Å². The molecule has 0 spiro atoms. The number of anilines is 1. The van der Waals surface area contributed by atoms with Crippen molar-refractivity contribution in [2.75, 3.05) is 11.9 Å². The Morgan fingerprint density at radius 3 is 2.45 bits per heavy atom. The van der Waals surface area contributed by atoms with E-state index < -0.39 is 17.6 Å². The Morgan fingerprint density at radius 1 is 1.25 bits per heavy atom. The number of carbonyl (C=O) groups is 2. The molecule has 0 fully saturated rings. The van der Waals surface area contributed by atoms with Gasteiger partial charge < -0.3 is 15.4 Å². The van der Waals surface area contributed by atoms with E-state index in [-0.39, 0.29) is 6.54 Å². The average molecular weight is 319 g/mol. The molecule has 0 radical (unpaired) electrons. The molecule has 20 heavy (non-hydrogen) atoms. The fourth-order valence-electron chi connectivity index (χ4n) is 1.25. The van der Waals surface area contributed by atoms with Crippen molar-refractivity contribution in [1.29, 1.82) is 0 Å². The maximum Gasteiger partial charge on any atom is 0.408 e. The second-order valence-corrected chi connectivity index (χ2v) is 5.87. The summed E-state index contributed by atoms with van der Waals surface area (Å²) in [5.41, 5.74) is -0.188. The molecule has 2 N–H and O–H groups in total. The maximum absolute atomic E-state index is 11.6. The summed E-state index contributed by atoms with van der Waals surface area (Å²) in [6.07, 6.45) is -0.658. The van der Waals surface area contributed by atoms with Crippen molar-refractivity contribution >= 4 is 40.9 Å². The summed E-state index contributed by atoms with van der Waals surface area (Å²) >= 11 is 11.7. The average Bonchev–Trinajstić information content (AvgIpc) is 2.28. The fourth-order valence-corrected chi connectivity index (χ4v) is 1.71. The lowest BCUT2D eigenvalue weighted by Gasteiger charge is -2.19. The van der Waals surface area contributed by atoms with Crippen molar-refractivity contribution in [3.05, 3.63) is 28.2 Å². The van der Waals surface area contributed by atoms with E-state index in [1.165, 1.54) is 6.07 Å². The van der Waals surface area contributed by atoms with Crippen molar-refractivity contribution in [1.82, 2.24) is 5.32 Å². The Bertz CT molecular complexity index is 513. The monoisotopic (exact) mass is 318 g/mol. The molecule has 2 amide bonds. The number of benzene rings is 1. The highest BCUT2D eigenvalue weighted by atomic mass is 35.5. The van der Waals surface area contributed by atoms with Gasteiger partial charge in [-0.05, 0) is 39.0 Å². The second-order valence-electron chi connectivity index (χ2n) is 5.03. The van der Waals surface area contributed by atoms with Crippen molar-refractivity contribution in [2.24, 2.45) is 0 Å². The summed E-state index contributed by atoms with van der Waals surface area (Å²) < 4.78 is 5.00. The van der Waals surface area contributed by atoms with Crippen LogP contribution in [0.3, 0.4) is 0 Å². The van der Waals surface area contributed by atoms with Gasteiger partial charge in [0, 0.05) is 5.02 Å². The number of hydrogen-bond acceptors (Lipinski definition) is 3. The first kappa shape index (κ1) is 16.6. The van der Waals surface area contributed by atoms with Gasteiger partial charge in [-0.15, -0.1) is 0 Å². The van der Waals surface area contributed by atoms with Crippen LogP contribution in [-0.2, 0) is 9.53 Å². The van der Waals surface area contributed by atoms with Gasteiger partial charge in [0.15, 0.2) is 0 Å². The summed E-state index contributed by atoms with van der Waals surface area (Å²) in [5.74, 6) is -0.417. The molecule has 1 rings (SSSR count). The molecule has 0 aromatic heterocycles. The van der Waals surface area contributed by atoms with E-state index >= 15 is 0 Å². The Balaban J connectivity index is 2.46. The number of halogens is 2. The Hall–Kier alpha value is -1.46. The zero-order valence-corrected chi connectivity index (χ0v) is 12.9. The van der Waals surface area contributed by atoms with Gasteiger partial charge in [-0.1, -0.05) is 23.2 Å². The lowest BCUT2D eigenvalue weighted by molar-refractivity contribution is -0.115. The van der Waals surface area contributed by atoms with Gasteiger partial charge in [0.05, 0.1) is 10.7 Å². The molecule has 1 aromatic carbocycles. The van der Waals surface area contributed by atoms with Crippen LogP contribution in [0.2, 0.25) is 10.0 Å². The van der Waals surface area contributed by atoms with Crippen molar-refractivity contribution in [2.45, 2.75) is 26.4 Å². The quantitative estimate of drug-likeness (QED) is 0.896. The summed E-state index contributed by atoms with van der Waals surface area (Å²) in [5, 5.41) is 5.70. The van der Waals surface area contributed by atoms with Gasteiger partial charge in [0.1, 0.15) is 12.1 Å². The normalized spacial score (nSPS) is 10.8. The van der Waals surface area contributed by atoms with Crippen LogP contribution in [0.1, 0.15) is 20.8 Å². The van der Waals surface area contributed by atoms with E-state index in [9.17, 15) is 9.59 Å². The van der Waals surface area contributed by atoms with Crippen LogP contribution in [0, 0.1) is 0 Å². The Labute approximate surface area is 127 Å². The van der Waals surface area contributed by atoms with Gasteiger partial charge in [-0.2, -0.15) is 0 Å². The fraction of sp³-hybridized carbons (Fsp3) is 0.385. The first-order valence-corrected chi connectivity index (χ1v) is 6.65. The molecular weight excluding hydrogens is 303 g/mol. The summed E-state index contributed by atoms with van der Waals surface area (Å²) in [6, 6.07) is 4.69. The SMILES string of the molecule is CC(C)(C)OC(=O)NCC(=O)Nc1ccc(Cl)cc1Cl. The van der Waals surface area contributed by atoms with Crippen LogP contribution in [0.25, 0.3) is 0 Å². The molecule has 0 atom stereocenters. The molecule has 7 heteroatoms. The minimum Gasteiger partial charge on any atom is -0.444 e. The molecular formula is C13H16Cl2N2O3. The molecule has 0 saturated carbocycles. The number of carbonyl (C=O) groups excluding carboxylic acids is 2. The van der Waals surface area contributed by atoms with Crippen LogP contribution in [0.15, 0.2) is 18.2 Å². The van der Waals surface area contributed by atoms with E-state index in [2.05, 4.69) is 10.6 Å². The number of ether oxygens (including phenoxy) is 1. The Kier molecular flexibility index (Phi) is 5.65. The Morgan fingerprint density at radius 2 is 1.90 bits per heavy atom. The molecule has 0 aliphatic carbocycles. The highest BCUT2D eigenvalue weighted by molar-refractivity contribution is 6.36. The highest BCUT2D eigenvalue weighted by Crippen LogP contribution is 2.25. The third kappa shape index (κ3) is 6.12. The van der Waals surface area contributed by atoms with E-state index in [4.69, 9.17) is 27.9 Å². The van der Waals surface area contributed by atoms with Crippen LogP contribution in [-0.4, -0.2) is 24.1 Å². The third-order valence-corrected chi connectivity index (χ3v) is 2.55. The summed E-state index contributed by atoms with van der Waals surface area (Å²) in [7, 11) is 0. The predicted octanol–water partition coefficient (Wildman–Crippen LogP) is 3.46. The van der Waals surface area contributed by atoms with Crippen molar-refractivity contribution in [3.8, 4) is 0 Å². The summed E-state index contributed by atoms with van der Waals surface area (Å²) in [6.45, 7) is 4.99. The first-order chi connectivity index (χ1) is 9.17. The molecule has 5 nitrogen and oxygen atoms in total. The van der Waals surface area contributed by atoms with Crippen LogP contribution in [0.5, 0.6) is 0 Å². The zero-order chi connectivity index (χ0) is 15.3. The zero-order valence-electron chi connectivity index (χ0n) is 11.4. The van der Waals surface area contributed by atoms with Crippen LogP contribution in [0.4, 0.5) is 10.5 Å². The lowest BCUT2D eigenvalue weighted by Crippen LogP contribution is -2.37. The number of nitrogens with one attached hydrogen (secondary N) is 2. The number of rotatable bonds is 3. The second kappa shape index (κ2) is 6.81. The standard InChI is InChI=1S/C13H16Cl2N2O3/c1-13(2,3)20-12(19)16-7-11(18)17-10-5-4-8(14)6-9(10)15/h4-6H,7H2,1-3H3,(H,16,19)(H,17,18). The van der Waals surface area contributed by atoms with Gasteiger partial charge in [0.25, 0.3) is 0 Å². The summed E-state index contributed by atoms with van der Waals surface area (Å²) in [4.78, 5) is 23.0. The molecule has 0 saturated heterocycles. The van der Waals surface area contributed by atoms with E-state index in [1.54, 1.807) is 32.9 Å². The van der Waals surface area contributed by atoms with Crippen LogP contribution < -0.4 is 10.6 Å². The predicted molar refractivity (Wildman–Crippen MR) is 79.3 cm³/mol. The van der Waals surface area contributed by atoms with Gasteiger partial charge in [-0.25, -0.2) is 4.79 Å². The van der Waals surface area contributed by atoms with Gasteiger partial charge >= 0.3 is 6.09 Å². The highest BCUT2D eigenvalue weighted by Gasteiger charge is 2.16. The number of amides is 2. The smallest absolute Gasteiger partial charge is 0.408 e. The lowest BCUT2D eigenvalue weighted by atomic mass is 10.2. The van der Waals surface area contributed by atoms with Crippen molar-refractivity contribution < 1.29 is 14.3 Å². The molecule has 0 heterocycles. The molecule has 0 aliphatic heterocycles. The molecule has 110 valence electrons. The van der Waals surface area contributed by atoms with E-state index in [0.717, 1.165) is 0 Å².